The molecule has 0 heterocycles. The predicted octanol–water partition coefficient (Wildman–Crippen LogP) is 0.567. The third-order valence-electron chi connectivity index (χ3n) is 2.18. The molecule has 0 radical (unpaired) electrons. The molecular formula is C12H16N2O3. The van der Waals surface area contributed by atoms with E-state index in [9.17, 15) is 14.7 Å². The monoisotopic (exact) mass is 236 g/mol. The van der Waals surface area contributed by atoms with Crippen molar-refractivity contribution in [3.05, 3.63) is 29.3 Å². The van der Waals surface area contributed by atoms with Crippen molar-refractivity contribution in [3.8, 4) is 5.75 Å². The van der Waals surface area contributed by atoms with Crippen molar-refractivity contribution in [2.75, 3.05) is 13.1 Å². The number of hydrogen-bond acceptors (Lipinski definition) is 3. The van der Waals surface area contributed by atoms with Gasteiger partial charge >= 0.3 is 0 Å². The largest absolute Gasteiger partial charge is 0.507 e. The summed E-state index contributed by atoms with van der Waals surface area (Å²) in [5.74, 6) is -0.811. The smallest absolute Gasteiger partial charge is 0.255 e. The van der Waals surface area contributed by atoms with Crippen LogP contribution in [0.5, 0.6) is 5.75 Å². The number of benzene rings is 1. The summed E-state index contributed by atoms with van der Waals surface area (Å²) in [5, 5.41) is 14.5. The Morgan fingerprint density at radius 1 is 1.29 bits per heavy atom. The lowest BCUT2D eigenvalue weighted by Crippen LogP contribution is -2.36. The molecule has 0 bridgehead atoms. The summed E-state index contributed by atoms with van der Waals surface area (Å²) < 4.78 is 0. The van der Waals surface area contributed by atoms with Crippen molar-refractivity contribution in [1.82, 2.24) is 10.6 Å². The van der Waals surface area contributed by atoms with Crippen molar-refractivity contribution in [2.24, 2.45) is 0 Å². The molecule has 0 fully saturated rings. The van der Waals surface area contributed by atoms with Gasteiger partial charge in [0.05, 0.1) is 12.1 Å². The summed E-state index contributed by atoms with van der Waals surface area (Å²) in [5.41, 5.74) is 1.04. The summed E-state index contributed by atoms with van der Waals surface area (Å²) in [6.45, 7) is 4.04. The van der Waals surface area contributed by atoms with Gasteiger partial charge < -0.3 is 15.7 Å². The Labute approximate surface area is 99.8 Å². The lowest BCUT2D eigenvalue weighted by Gasteiger charge is -2.07. The molecule has 0 aromatic heterocycles. The lowest BCUT2D eigenvalue weighted by atomic mass is 10.1. The van der Waals surface area contributed by atoms with Gasteiger partial charge in [-0.25, -0.2) is 0 Å². The maximum Gasteiger partial charge on any atom is 0.255 e. The highest BCUT2D eigenvalue weighted by molar-refractivity contribution is 5.98. The van der Waals surface area contributed by atoms with Gasteiger partial charge in [0, 0.05) is 6.54 Å². The number of carbonyl (C=O) groups is 2. The average molecular weight is 236 g/mol. The van der Waals surface area contributed by atoms with Crippen molar-refractivity contribution in [3.63, 3.8) is 0 Å². The van der Waals surface area contributed by atoms with E-state index in [0.29, 0.717) is 6.54 Å². The Morgan fingerprint density at radius 2 is 2.00 bits per heavy atom. The maximum atomic E-state index is 11.7. The minimum Gasteiger partial charge on any atom is -0.507 e. The van der Waals surface area contributed by atoms with Crippen LogP contribution in [0, 0.1) is 6.92 Å². The standard InChI is InChI=1S/C12H16N2O3/c1-3-13-11(16)7-14-12(17)9-6-8(2)4-5-10(9)15/h4-6,15H,3,7H2,1-2H3,(H,13,16)(H,14,17). The molecule has 0 atom stereocenters. The van der Waals surface area contributed by atoms with E-state index in [1.54, 1.807) is 19.1 Å². The van der Waals surface area contributed by atoms with Crippen LogP contribution in [0.1, 0.15) is 22.8 Å². The third kappa shape index (κ3) is 3.79. The van der Waals surface area contributed by atoms with Gasteiger partial charge in [-0.1, -0.05) is 11.6 Å². The van der Waals surface area contributed by atoms with E-state index < -0.39 is 5.91 Å². The molecule has 0 unspecified atom stereocenters. The number of likely N-dealkylation sites (N-methyl/N-ethyl adjacent to an activating group) is 1. The fourth-order valence-electron chi connectivity index (χ4n) is 1.35. The van der Waals surface area contributed by atoms with Gasteiger partial charge in [0.15, 0.2) is 0 Å². The van der Waals surface area contributed by atoms with Crippen molar-refractivity contribution in [1.29, 1.82) is 0 Å². The normalized spacial score (nSPS) is 9.76. The minimum absolute atomic E-state index is 0.0935. The van der Waals surface area contributed by atoms with E-state index in [1.165, 1.54) is 6.07 Å². The first-order chi connectivity index (χ1) is 8.04. The van der Waals surface area contributed by atoms with Crippen molar-refractivity contribution in [2.45, 2.75) is 13.8 Å². The highest BCUT2D eigenvalue weighted by Gasteiger charge is 2.11. The summed E-state index contributed by atoms with van der Waals surface area (Å²) in [6, 6.07) is 4.73. The number of hydrogen-bond donors (Lipinski definition) is 3. The van der Waals surface area contributed by atoms with Crippen LogP contribution < -0.4 is 10.6 Å². The van der Waals surface area contributed by atoms with Crippen LogP contribution in [-0.4, -0.2) is 30.0 Å². The lowest BCUT2D eigenvalue weighted by molar-refractivity contribution is -0.120. The molecule has 0 aliphatic carbocycles. The zero-order chi connectivity index (χ0) is 12.8. The topological polar surface area (TPSA) is 78.4 Å². The van der Waals surface area contributed by atoms with Crippen molar-refractivity contribution < 1.29 is 14.7 Å². The van der Waals surface area contributed by atoms with Crippen LogP contribution in [0.4, 0.5) is 0 Å². The Hall–Kier alpha value is -2.04. The van der Waals surface area contributed by atoms with Crippen LogP contribution in [0.15, 0.2) is 18.2 Å². The van der Waals surface area contributed by atoms with Gasteiger partial charge in [-0.3, -0.25) is 9.59 Å². The second-order valence-electron chi connectivity index (χ2n) is 3.66. The molecule has 3 N–H and O–H groups in total. The van der Waals surface area contributed by atoms with Gasteiger partial charge in [0.25, 0.3) is 5.91 Å². The first-order valence-corrected chi connectivity index (χ1v) is 5.39. The van der Waals surface area contributed by atoms with E-state index in [1.807, 2.05) is 6.92 Å². The number of aryl methyl sites for hydroxylation is 1. The second kappa shape index (κ2) is 5.89. The number of phenolic OH excluding ortho intramolecular Hbond substituents is 1. The highest BCUT2D eigenvalue weighted by atomic mass is 16.3. The zero-order valence-corrected chi connectivity index (χ0v) is 9.91. The van der Waals surface area contributed by atoms with Gasteiger partial charge in [-0.15, -0.1) is 0 Å². The Bertz CT molecular complexity index is 430. The van der Waals surface area contributed by atoms with E-state index >= 15 is 0 Å². The molecule has 17 heavy (non-hydrogen) atoms. The number of aromatic hydroxyl groups is 1. The quantitative estimate of drug-likeness (QED) is 0.715. The molecule has 92 valence electrons. The first-order valence-electron chi connectivity index (χ1n) is 5.39. The van der Waals surface area contributed by atoms with E-state index in [4.69, 9.17) is 0 Å². The number of carbonyl (C=O) groups excluding carboxylic acids is 2. The molecule has 1 aromatic carbocycles. The summed E-state index contributed by atoms with van der Waals surface area (Å²) >= 11 is 0. The number of rotatable bonds is 4. The summed E-state index contributed by atoms with van der Waals surface area (Å²) in [6.07, 6.45) is 0. The van der Waals surface area contributed by atoms with E-state index in [-0.39, 0.29) is 23.8 Å². The van der Waals surface area contributed by atoms with E-state index in [0.717, 1.165) is 5.56 Å². The van der Waals surface area contributed by atoms with Crippen molar-refractivity contribution >= 4 is 11.8 Å². The second-order valence-corrected chi connectivity index (χ2v) is 3.66. The van der Waals surface area contributed by atoms with Gasteiger partial charge in [0.1, 0.15) is 5.75 Å². The highest BCUT2D eigenvalue weighted by Crippen LogP contribution is 2.17. The minimum atomic E-state index is -0.461. The SMILES string of the molecule is CCNC(=O)CNC(=O)c1cc(C)ccc1O. The Balaban J connectivity index is 2.64. The molecule has 2 amide bonds. The van der Waals surface area contributed by atoms with Crippen LogP contribution in [0.25, 0.3) is 0 Å². The maximum absolute atomic E-state index is 11.7. The Morgan fingerprint density at radius 3 is 2.65 bits per heavy atom. The zero-order valence-electron chi connectivity index (χ0n) is 9.91. The van der Waals surface area contributed by atoms with E-state index in [2.05, 4.69) is 10.6 Å². The molecular weight excluding hydrogens is 220 g/mol. The molecule has 0 spiro atoms. The van der Waals surface area contributed by atoms with Crippen LogP contribution in [-0.2, 0) is 4.79 Å². The third-order valence-corrected chi connectivity index (χ3v) is 2.18. The molecule has 0 aliphatic heterocycles. The molecule has 1 aromatic rings. The fraction of sp³-hybridized carbons (Fsp3) is 0.333. The van der Waals surface area contributed by atoms with Crippen LogP contribution in [0.3, 0.4) is 0 Å². The molecule has 1 rings (SSSR count). The molecule has 0 aliphatic rings. The number of nitrogens with one attached hydrogen (secondary N) is 2. The van der Waals surface area contributed by atoms with Gasteiger partial charge in [-0.05, 0) is 26.0 Å². The number of amides is 2. The summed E-state index contributed by atoms with van der Waals surface area (Å²) in [4.78, 5) is 22.8. The van der Waals surface area contributed by atoms with Gasteiger partial charge in [-0.2, -0.15) is 0 Å². The Kier molecular flexibility index (Phi) is 4.51. The van der Waals surface area contributed by atoms with Gasteiger partial charge in [0.2, 0.25) is 5.91 Å². The molecule has 0 saturated carbocycles. The number of phenols is 1. The molecule has 0 saturated heterocycles. The van der Waals surface area contributed by atoms with Crippen LogP contribution in [0.2, 0.25) is 0 Å². The summed E-state index contributed by atoms with van der Waals surface area (Å²) in [7, 11) is 0. The fourth-order valence-corrected chi connectivity index (χ4v) is 1.35. The predicted molar refractivity (Wildman–Crippen MR) is 63.9 cm³/mol. The first kappa shape index (κ1) is 13.0. The average Bonchev–Trinajstić information content (AvgIpc) is 2.29. The van der Waals surface area contributed by atoms with Crippen LogP contribution >= 0.6 is 0 Å². The molecule has 5 heteroatoms. The molecule has 5 nitrogen and oxygen atoms in total.